The van der Waals surface area contributed by atoms with Crippen LogP contribution in [-0.2, 0) is 11.4 Å². The highest BCUT2D eigenvalue weighted by Crippen LogP contribution is 2.07. The average Bonchev–Trinajstić information content (AvgIpc) is 1.88. The van der Waals surface area contributed by atoms with Crippen LogP contribution in [0.25, 0.3) is 0 Å². The summed E-state index contributed by atoms with van der Waals surface area (Å²) in [4.78, 5) is 0.681. The molecule has 1 rings (SSSR count). The normalized spacial score (nSPS) is 13.1. The van der Waals surface area contributed by atoms with Crippen LogP contribution in [0.3, 0.4) is 0 Å². The Balaban J connectivity index is 2.96. The van der Waals surface area contributed by atoms with Gasteiger partial charge in [0, 0.05) is 0 Å². The maximum Gasteiger partial charge on any atom is 0.173 e. The lowest BCUT2D eigenvalue weighted by Crippen LogP contribution is -2.11. The van der Waals surface area contributed by atoms with Crippen molar-refractivity contribution in [3.63, 3.8) is 0 Å². The van der Waals surface area contributed by atoms with Gasteiger partial charge in [-0.25, -0.2) is 0 Å². The summed E-state index contributed by atoms with van der Waals surface area (Å²) < 4.78 is 10.7. The predicted molar refractivity (Wildman–Crippen MR) is 41.8 cm³/mol. The quantitative estimate of drug-likeness (QED) is 0.614. The molecule has 2 N–H and O–H groups in total. The van der Waals surface area contributed by atoms with Gasteiger partial charge in [0.1, 0.15) is 0 Å². The van der Waals surface area contributed by atoms with Gasteiger partial charge in [0.25, 0.3) is 0 Å². The zero-order valence-corrected chi connectivity index (χ0v) is 6.52. The van der Waals surface area contributed by atoms with Crippen LogP contribution in [-0.4, -0.2) is 4.55 Å². The maximum absolute atomic E-state index is 10.7. The fourth-order valence-electron chi connectivity index (χ4n) is 0.740. The summed E-state index contributed by atoms with van der Waals surface area (Å²) in [5.74, 6) is 0. The van der Waals surface area contributed by atoms with E-state index in [-0.39, 0.29) is 0 Å². The molecule has 0 fully saturated rings. The lowest BCUT2D eigenvalue weighted by Gasteiger charge is -2.01. The van der Waals surface area contributed by atoms with Gasteiger partial charge in [0.05, 0.1) is 11.4 Å². The largest absolute Gasteiger partial charge is 0.593 e. The number of aryl methyl sites for hydroxylation is 1. The summed E-state index contributed by atoms with van der Waals surface area (Å²) in [7, 11) is 0. The molecule has 1 aromatic carbocycles. The summed E-state index contributed by atoms with van der Waals surface area (Å²) in [6.07, 6.45) is 0. The molecule has 0 saturated carbocycles. The van der Waals surface area contributed by atoms with Crippen LogP contribution in [0, 0.1) is 6.92 Å². The van der Waals surface area contributed by atoms with Crippen LogP contribution in [0.5, 0.6) is 0 Å². The molecule has 3 heteroatoms. The van der Waals surface area contributed by atoms with Crippen molar-refractivity contribution in [2.45, 2.75) is 11.8 Å². The van der Waals surface area contributed by atoms with Crippen molar-refractivity contribution in [1.29, 1.82) is 0 Å². The van der Waals surface area contributed by atoms with E-state index in [1.54, 1.807) is 6.07 Å². The van der Waals surface area contributed by atoms with E-state index in [2.05, 4.69) is 0 Å². The summed E-state index contributed by atoms with van der Waals surface area (Å²) >= 11 is -1.34. The first-order valence-corrected chi connectivity index (χ1v) is 4.14. The molecule has 1 aromatic rings. The summed E-state index contributed by atoms with van der Waals surface area (Å²) in [6, 6.07) is 7.35. The van der Waals surface area contributed by atoms with Crippen molar-refractivity contribution >= 4 is 11.4 Å². The number of nitrogens with two attached hydrogens (primary N) is 1. The van der Waals surface area contributed by atoms with E-state index >= 15 is 0 Å². The van der Waals surface area contributed by atoms with Crippen molar-refractivity contribution < 1.29 is 4.55 Å². The monoisotopic (exact) mass is 155 g/mol. The van der Waals surface area contributed by atoms with Gasteiger partial charge in [-0.05, 0) is 24.6 Å². The van der Waals surface area contributed by atoms with Crippen molar-refractivity contribution in [3.05, 3.63) is 29.8 Å². The Hall–Kier alpha value is -0.510. The van der Waals surface area contributed by atoms with Gasteiger partial charge in [-0.3, -0.25) is 0 Å². The van der Waals surface area contributed by atoms with Crippen molar-refractivity contribution in [1.82, 2.24) is 0 Å². The third-order valence-electron chi connectivity index (χ3n) is 1.22. The number of benzene rings is 1. The molecule has 0 radical (unpaired) electrons. The summed E-state index contributed by atoms with van der Waals surface area (Å²) in [6.45, 7) is 1.94. The topological polar surface area (TPSA) is 49.1 Å². The van der Waals surface area contributed by atoms with Gasteiger partial charge in [0.15, 0.2) is 4.90 Å². The molecule has 0 aliphatic heterocycles. The molecule has 1 unspecified atom stereocenters. The Labute approximate surface area is 63.4 Å². The van der Waals surface area contributed by atoms with Gasteiger partial charge in [-0.15, -0.1) is 5.14 Å². The summed E-state index contributed by atoms with van der Waals surface area (Å²) in [5.41, 5.74) is 1.08. The first-order valence-electron chi connectivity index (χ1n) is 2.93. The Morgan fingerprint density at radius 2 is 2.20 bits per heavy atom. The first kappa shape index (κ1) is 7.60. The fraction of sp³-hybridized carbons (Fsp3) is 0.143. The van der Waals surface area contributed by atoms with Crippen LogP contribution in [0.2, 0.25) is 0 Å². The molecule has 0 spiro atoms. The van der Waals surface area contributed by atoms with Crippen molar-refractivity contribution in [2.24, 2.45) is 5.14 Å². The molecular formula is C7H9NOS. The van der Waals surface area contributed by atoms with Crippen LogP contribution in [0.15, 0.2) is 29.2 Å². The predicted octanol–water partition coefficient (Wildman–Crippen LogP) is 0.976. The molecule has 2 nitrogen and oxygen atoms in total. The second-order valence-corrected chi connectivity index (χ2v) is 3.18. The summed E-state index contributed by atoms with van der Waals surface area (Å²) in [5, 5.41) is 5.15. The molecule has 0 aromatic heterocycles. The number of hydrogen-bond acceptors (Lipinski definition) is 2. The zero-order chi connectivity index (χ0) is 7.56. The van der Waals surface area contributed by atoms with Gasteiger partial charge in [-0.1, -0.05) is 12.1 Å². The Kier molecular flexibility index (Phi) is 2.32. The van der Waals surface area contributed by atoms with E-state index < -0.39 is 11.4 Å². The van der Waals surface area contributed by atoms with Crippen LogP contribution in [0.1, 0.15) is 5.56 Å². The minimum Gasteiger partial charge on any atom is -0.593 e. The molecule has 0 aliphatic carbocycles. The molecule has 0 saturated heterocycles. The molecule has 0 heterocycles. The smallest absolute Gasteiger partial charge is 0.173 e. The molecule has 0 amide bonds. The van der Waals surface area contributed by atoms with E-state index in [1.807, 2.05) is 25.1 Å². The minimum absolute atomic E-state index is 0.681. The highest BCUT2D eigenvalue weighted by Gasteiger charge is 2.02. The molecule has 0 bridgehead atoms. The third-order valence-corrected chi connectivity index (χ3v) is 1.94. The van der Waals surface area contributed by atoms with Gasteiger partial charge >= 0.3 is 0 Å². The van der Waals surface area contributed by atoms with E-state index in [0.29, 0.717) is 4.90 Å². The van der Waals surface area contributed by atoms with E-state index in [9.17, 15) is 4.55 Å². The number of hydrogen-bond donors (Lipinski definition) is 1. The highest BCUT2D eigenvalue weighted by atomic mass is 32.2. The fourth-order valence-corrected chi connectivity index (χ4v) is 1.26. The number of rotatable bonds is 1. The second kappa shape index (κ2) is 3.05. The lowest BCUT2D eigenvalue weighted by atomic mass is 10.2. The lowest BCUT2D eigenvalue weighted by molar-refractivity contribution is 0.596. The van der Waals surface area contributed by atoms with Crippen LogP contribution < -0.4 is 5.14 Å². The average molecular weight is 155 g/mol. The van der Waals surface area contributed by atoms with E-state index in [1.165, 1.54) is 0 Å². The zero-order valence-electron chi connectivity index (χ0n) is 5.70. The van der Waals surface area contributed by atoms with Crippen LogP contribution in [0.4, 0.5) is 0 Å². The maximum atomic E-state index is 10.7. The Morgan fingerprint density at radius 1 is 1.50 bits per heavy atom. The highest BCUT2D eigenvalue weighted by molar-refractivity contribution is 7.89. The van der Waals surface area contributed by atoms with E-state index in [4.69, 9.17) is 5.14 Å². The standard InChI is InChI=1S/C7H9NOS/c1-6-3-2-4-7(5-6)10(8)9/h2-5H,8H2,1H3. The molecule has 1 atom stereocenters. The first-order chi connectivity index (χ1) is 4.70. The Bertz CT molecular complexity index is 225. The molecule has 10 heavy (non-hydrogen) atoms. The SMILES string of the molecule is Cc1cccc([S+](N)[O-])c1. The molecular weight excluding hydrogens is 146 g/mol. The second-order valence-electron chi connectivity index (χ2n) is 2.11. The van der Waals surface area contributed by atoms with Gasteiger partial charge in [-0.2, -0.15) is 0 Å². The third kappa shape index (κ3) is 1.73. The van der Waals surface area contributed by atoms with Crippen molar-refractivity contribution in [2.75, 3.05) is 0 Å². The van der Waals surface area contributed by atoms with Gasteiger partial charge in [0.2, 0.25) is 0 Å². The Morgan fingerprint density at radius 3 is 2.60 bits per heavy atom. The van der Waals surface area contributed by atoms with Gasteiger partial charge < -0.3 is 4.55 Å². The molecule has 54 valence electrons. The van der Waals surface area contributed by atoms with Crippen LogP contribution >= 0.6 is 0 Å². The molecule has 0 aliphatic rings. The van der Waals surface area contributed by atoms with E-state index in [0.717, 1.165) is 5.56 Å². The van der Waals surface area contributed by atoms with Crippen molar-refractivity contribution in [3.8, 4) is 0 Å². The minimum atomic E-state index is -1.34.